The molecule has 0 unspecified atom stereocenters. The molecular weight excluding hydrogens is 210 g/mol. The summed E-state index contributed by atoms with van der Waals surface area (Å²) in [7, 11) is 1.42. The molecule has 0 fully saturated rings. The molecule has 0 radical (unpaired) electrons. The van der Waals surface area contributed by atoms with Crippen LogP contribution < -0.4 is 9.47 Å². The molecule has 1 aromatic rings. The van der Waals surface area contributed by atoms with Gasteiger partial charge in [-0.1, -0.05) is 11.6 Å². The van der Waals surface area contributed by atoms with Gasteiger partial charge in [-0.05, 0) is 0 Å². The molecule has 0 saturated carbocycles. The van der Waals surface area contributed by atoms with Crippen molar-refractivity contribution in [2.75, 3.05) is 13.7 Å². The highest BCUT2D eigenvalue weighted by Gasteiger charge is 2.08. The van der Waals surface area contributed by atoms with Gasteiger partial charge in [0.25, 0.3) is 5.88 Å². The van der Waals surface area contributed by atoms with E-state index < -0.39 is 12.6 Å². The van der Waals surface area contributed by atoms with Crippen LogP contribution in [0.15, 0.2) is 12.3 Å². The summed E-state index contributed by atoms with van der Waals surface area (Å²) in [6.07, 6.45) is 1.35. The molecule has 6 heteroatoms. The van der Waals surface area contributed by atoms with Crippen LogP contribution >= 0.6 is 11.6 Å². The van der Waals surface area contributed by atoms with Crippen LogP contribution in [-0.2, 0) is 4.79 Å². The second kappa shape index (κ2) is 4.66. The molecule has 0 spiro atoms. The second-order valence-corrected chi connectivity index (χ2v) is 2.78. The van der Waals surface area contributed by atoms with Crippen molar-refractivity contribution >= 4 is 17.6 Å². The minimum absolute atomic E-state index is 0.110. The van der Waals surface area contributed by atoms with Gasteiger partial charge >= 0.3 is 5.97 Å². The third kappa shape index (κ3) is 2.77. The molecule has 1 aromatic heterocycles. The van der Waals surface area contributed by atoms with Crippen molar-refractivity contribution in [1.82, 2.24) is 4.98 Å². The Hall–Kier alpha value is -1.49. The van der Waals surface area contributed by atoms with E-state index in [1.165, 1.54) is 19.4 Å². The summed E-state index contributed by atoms with van der Waals surface area (Å²) < 4.78 is 9.74. The van der Waals surface area contributed by atoms with E-state index in [-0.39, 0.29) is 5.88 Å². The first kappa shape index (κ1) is 10.6. The standard InChI is InChI=1S/C8H8ClNO4/c1-13-6-2-5(9)3-10-8(6)14-4-7(11)12/h2-3H,4H2,1H3,(H,11,12). The number of nitrogens with zero attached hydrogens (tertiary/aromatic N) is 1. The average Bonchev–Trinajstić information content (AvgIpc) is 2.15. The van der Waals surface area contributed by atoms with Crippen molar-refractivity contribution in [3.63, 3.8) is 0 Å². The number of carboxylic acid groups (broad SMARTS) is 1. The first-order valence-corrected chi connectivity index (χ1v) is 4.05. The van der Waals surface area contributed by atoms with Gasteiger partial charge < -0.3 is 14.6 Å². The van der Waals surface area contributed by atoms with Gasteiger partial charge in [0.2, 0.25) is 0 Å². The van der Waals surface area contributed by atoms with Crippen LogP contribution in [0.3, 0.4) is 0 Å². The van der Waals surface area contributed by atoms with Gasteiger partial charge in [0.1, 0.15) is 0 Å². The zero-order chi connectivity index (χ0) is 10.6. The largest absolute Gasteiger partial charge is 0.491 e. The fourth-order valence-corrected chi connectivity index (χ4v) is 0.941. The highest BCUT2D eigenvalue weighted by atomic mass is 35.5. The average molecular weight is 218 g/mol. The van der Waals surface area contributed by atoms with Crippen molar-refractivity contribution in [2.24, 2.45) is 0 Å². The number of halogens is 1. The lowest BCUT2D eigenvalue weighted by Gasteiger charge is -2.07. The molecule has 1 heterocycles. The number of carboxylic acids is 1. The van der Waals surface area contributed by atoms with E-state index >= 15 is 0 Å². The number of hydrogen-bond acceptors (Lipinski definition) is 4. The van der Waals surface area contributed by atoms with Gasteiger partial charge in [0, 0.05) is 12.3 Å². The molecule has 0 saturated heterocycles. The third-order valence-corrected chi connectivity index (χ3v) is 1.54. The predicted octanol–water partition coefficient (Wildman–Crippen LogP) is 1.21. The molecule has 1 N–H and O–H groups in total. The first-order valence-electron chi connectivity index (χ1n) is 3.67. The molecule has 1 rings (SSSR count). The molecule has 76 valence electrons. The number of hydrogen-bond donors (Lipinski definition) is 1. The van der Waals surface area contributed by atoms with Gasteiger partial charge in [-0.15, -0.1) is 0 Å². The molecule has 5 nitrogen and oxygen atoms in total. The summed E-state index contributed by atoms with van der Waals surface area (Å²) in [5.41, 5.74) is 0. The lowest BCUT2D eigenvalue weighted by Crippen LogP contribution is -2.10. The lowest BCUT2D eigenvalue weighted by molar-refractivity contribution is -0.139. The Kier molecular flexibility index (Phi) is 3.53. The Labute approximate surface area is 85.2 Å². The number of pyridine rings is 1. The van der Waals surface area contributed by atoms with Crippen LogP contribution in [0.25, 0.3) is 0 Å². The monoisotopic (exact) mass is 217 g/mol. The van der Waals surface area contributed by atoms with E-state index in [4.69, 9.17) is 26.2 Å². The Balaban J connectivity index is 2.80. The zero-order valence-electron chi connectivity index (χ0n) is 7.36. The highest BCUT2D eigenvalue weighted by molar-refractivity contribution is 6.30. The molecule has 0 bridgehead atoms. The molecular formula is C8H8ClNO4. The molecule has 0 aliphatic rings. The van der Waals surface area contributed by atoms with E-state index in [0.29, 0.717) is 10.8 Å². The van der Waals surface area contributed by atoms with Crippen molar-refractivity contribution in [1.29, 1.82) is 0 Å². The maximum Gasteiger partial charge on any atom is 0.341 e. The molecule has 0 aliphatic heterocycles. The Morgan fingerprint density at radius 3 is 3.00 bits per heavy atom. The molecule has 0 atom stereocenters. The Morgan fingerprint density at radius 2 is 2.43 bits per heavy atom. The minimum atomic E-state index is -1.08. The summed E-state index contributed by atoms with van der Waals surface area (Å²) >= 11 is 5.64. The van der Waals surface area contributed by atoms with Crippen LogP contribution in [0.5, 0.6) is 11.6 Å². The van der Waals surface area contributed by atoms with Crippen molar-refractivity contribution < 1.29 is 19.4 Å². The van der Waals surface area contributed by atoms with Gasteiger partial charge in [0.05, 0.1) is 12.1 Å². The zero-order valence-corrected chi connectivity index (χ0v) is 8.11. The Bertz CT molecular complexity index is 342. The van der Waals surface area contributed by atoms with Gasteiger partial charge in [0.15, 0.2) is 12.4 Å². The quantitative estimate of drug-likeness (QED) is 0.821. The van der Waals surface area contributed by atoms with Crippen LogP contribution in [0, 0.1) is 0 Å². The number of aromatic nitrogens is 1. The van der Waals surface area contributed by atoms with Crippen LogP contribution in [0.4, 0.5) is 0 Å². The van der Waals surface area contributed by atoms with Crippen LogP contribution in [0.1, 0.15) is 0 Å². The summed E-state index contributed by atoms with van der Waals surface area (Å²) in [4.78, 5) is 14.0. The topological polar surface area (TPSA) is 68.7 Å². The Morgan fingerprint density at radius 1 is 1.71 bits per heavy atom. The normalized spacial score (nSPS) is 9.57. The maximum atomic E-state index is 10.2. The summed E-state index contributed by atoms with van der Waals surface area (Å²) in [5, 5.41) is 8.77. The van der Waals surface area contributed by atoms with Gasteiger partial charge in [-0.2, -0.15) is 0 Å². The van der Waals surface area contributed by atoms with E-state index in [9.17, 15) is 4.79 Å². The number of carbonyl (C=O) groups is 1. The van der Waals surface area contributed by atoms with E-state index in [1.807, 2.05) is 0 Å². The number of rotatable bonds is 4. The van der Waals surface area contributed by atoms with Crippen molar-refractivity contribution in [3.05, 3.63) is 17.3 Å². The number of ether oxygens (including phenoxy) is 2. The van der Waals surface area contributed by atoms with Crippen LogP contribution in [-0.4, -0.2) is 29.8 Å². The molecule has 0 aliphatic carbocycles. The fraction of sp³-hybridized carbons (Fsp3) is 0.250. The smallest absolute Gasteiger partial charge is 0.341 e. The van der Waals surface area contributed by atoms with Gasteiger partial charge in [-0.25, -0.2) is 9.78 Å². The van der Waals surface area contributed by atoms with E-state index in [0.717, 1.165) is 0 Å². The number of methoxy groups -OCH3 is 1. The number of aliphatic carboxylic acids is 1. The molecule has 14 heavy (non-hydrogen) atoms. The second-order valence-electron chi connectivity index (χ2n) is 2.34. The van der Waals surface area contributed by atoms with Gasteiger partial charge in [-0.3, -0.25) is 0 Å². The molecule has 0 amide bonds. The van der Waals surface area contributed by atoms with Crippen molar-refractivity contribution in [3.8, 4) is 11.6 Å². The fourth-order valence-electron chi connectivity index (χ4n) is 0.793. The van der Waals surface area contributed by atoms with Crippen molar-refractivity contribution in [2.45, 2.75) is 0 Å². The molecule has 0 aromatic carbocycles. The van der Waals surface area contributed by atoms with Crippen LogP contribution in [0.2, 0.25) is 5.02 Å². The summed E-state index contributed by atoms with van der Waals surface area (Å²) in [5.74, 6) is -0.665. The first-order chi connectivity index (χ1) is 6.63. The maximum absolute atomic E-state index is 10.2. The summed E-state index contributed by atoms with van der Waals surface area (Å²) in [6, 6.07) is 1.49. The van der Waals surface area contributed by atoms with E-state index in [1.54, 1.807) is 0 Å². The highest BCUT2D eigenvalue weighted by Crippen LogP contribution is 2.26. The summed E-state index contributed by atoms with van der Waals surface area (Å²) in [6.45, 7) is -0.467. The third-order valence-electron chi connectivity index (χ3n) is 1.34. The predicted molar refractivity (Wildman–Crippen MR) is 48.9 cm³/mol. The minimum Gasteiger partial charge on any atom is -0.491 e. The SMILES string of the molecule is COc1cc(Cl)cnc1OCC(=O)O. The van der Waals surface area contributed by atoms with E-state index in [2.05, 4.69) is 4.98 Å². The lowest BCUT2D eigenvalue weighted by atomic mass is 10.4.